The van der Waals surface area contributed by atoms with E-state index in [0.717, 1.165) is 13.1 Å². The van der Waals surface area contributed by atoms with Crippen LogP contribution in [-0.2, 0) is 5.41 Å². The largest absolute Gasteiger partial charge is 0.315 e. The van der Waals surface area contributed by atoms with E-state index < -0.39 is 0 Å². The van der Waals surface area contributed by atoms with Crippen LogP contribution < -0.4 is 5.32 Å². The van der Waals surface area contributed by atoms with Gasteiger partial charge >= 0.3 is 0 Å². The molecule has 1 saturated carbocycles. The normalized spacial score (nSPS) is 35.9. The van der Waals surface area contributed by atoms with E-state index in [-0.39, 0.29) is 5.41 Å². The second-order valence-corrected chi connectivity index (χ2v) is 5.41. The molecule has 1 aromatic rings. The van der Waals surface area contributed by atoms with Gasteiger partial charge in [0.15, 0.2) is 0 Å². The third-order valence-corrected chi connectivity index (χ3v) is 4.74. The first-order valence-corrected chi connectivity index (χ1v) is 6.12. The van der Waals surface area contributed by atoms with E-state index in [1.165, 1.54) is 5.56 Å². The maximum absolute atomic E-state index is 7.48. The summed E-state index contributed by atoms with van der Waals surface area (Å²) >= 11 is 12.0. The third kappa shape index (κ3) is 1.21. The molecule has 3 unspecified atom stereocenters. The van der Waals surface area contributed by atoms with Gasteiger partial charge in [0.05, 0.1) is 10.0 Å². The molecule has 3 atom stereocenters. The second kappa shape index (κ2) is 3.46. The lowest BCUT2D eigenvalue weighted by Crippen LogP contribution is -2.23. The molecular formula is C12H12Cl2N2. The Morgan fingerprint density at radius 2 is 2.19 bits per heavy atom. The summed E-state index contributed by atoms with van der Waals surface area (Å²) in [6.45, 7) is 1.94. The first-order chi connectivity index (χ1) is 7.70. The molecule has 2 fully saturated rings. The fraction of sp³-hybridized carbons (Fsp3) is 0.417. The van der Waals surface area contributed by atoms with E-state index in [2.05, 4.69) is 5.32 Å². The van der Waals surface area contributed by atoms with Crippen molar-refractivity contribution in [2.24, 2.45) is 11.8 Å². The number of halogens is 2. The minimum absolute atomic E-state index is 0.107. The molecule has 3 rings (SSSR count). The molecule has 1 aromatic carbocycles. The van der Waals surface area contributed by atoms with Crippen molar-refractivity contribution in [1.82, 2.24) is 5.32 Å². The van der Waals surface area contributed by atoms with Gasteiger partial charge in [-0.2, -0.15) is 0 Å². The van der Waals surface area contributed by atoms with Crippen LogP contribution in [0, 0.1) is 17.2 Å². The zero-order valence-corrected chi connectivity index (χ0v) is 10.1. The van der Waals surface area contributed by atoms with Crippen LogP contribution in [0.1, 0.15) is 5.56 Å². The molecule has 4 heteroatoms. The minimum Gasteiger partial charge on any atom is -0.315 e. The van der Waals surface area contributed by atoms with E-state index in [4.69, 9.17) is 28.6 Å². The number of hydrogen-bond acceptors (Lipinski definition) is 2. The van der Waals surface area contributed by atoms with Gasteiger partial charge in [-0.15, -0.1) is 0 Å². The molecule has 16 heavy (non-hydrogen) atoms. The standard InChI is InChI=1S/C12H12Cl2N2/c13-10-2-1-7(3-11(10)14)12-6-16-5-9(12)8(12)4-15/h1-4,8-9,15-16H,5-6H2. The molecule has 1 aliphatic heterocycles. The summed E-state index contributed by atoms with van der Waals surface area (Å²) in [4.78, 5) is 0. The van der Waals surface area contributed by atoms with E-state index in [1.54, 1.807) is 6.21 Å². The number of rotatable bonds is 2. The summed E-state index contributed by atoms with van der Waals surface area (Å²) in [5.74, 6) is 0.924. The van der Waals surface area contributed by atoms with Crippen molar-refractivity contribution in [2.45, 2.75) is 5.41 Å². The first kappa shape index (κ1) is 10.6. The summed E-state index contributed by atoms with van der Waals surface area (Å²) in [7, 11) is 0. The molecule has 1 aliphatic carbocycles. The molecule has 84 valence electrons. The summed E-state index contributed by atoms with van der Waals surface area (Å²) < 4.78 is 0. The van der Waals surface area contributed by atoms with Crippen molar-refractivity contribution >= 4 is 29.4 Å². The maximum Gasteiger partial charge on any atom is 0.0595 e. The van der Waals surface area contributed by atoms with Gasteiger partial charge in [-0.1, -0.05) is 29.3 Å². The van der Waals surface area contributed by atoms with Crippen LogP contribution in [0.25, 0.3) is 0 Å². The number of nitrogens with one attached hydrogen (secondary N) is 2. The fourth-order valence-electron chi connectivity index (χ4n) is 3.10. The average Bonchev–Trinajstić information content (AvgIpc) is 2.69. The highest BCUT2D eigenvalue weighted by Gasteiger charge is 2.66. The zero-order chi connectivity index (χ0) is 11.3. The predicted octanol–water partition coefficient (Wildman–Crippen LogP) is 2.73. The highest BCUT2D eigenvalue weighted by molar-refractivity contribution is 6.42. The monoisotopic (exact) mass is 254 g/mol. The predicted molar refractivity (Wildman–Crippen MR) is 66.8 cm³/mol. The summed E-state index contributed by atoms with van der Waals surface area (Å²) in [5, 5.41) is 12.1. The molecule has 1 heterocycles. The Morgan fingerprint density at radius 3 is 2.81 bits per heavy atom. The van der Waals surface area contributed by atoms with Crippen LogP contribution in [0.3, 0.4) is 0 Å². The van der Waals surface area contributed by atoms with Gasteiger partial charge in [0.1, 0.15) is 0 Å². The Labute approximate surface area is 104 Å². The smallest absolute Gasteiger partial charge is 0.0595 e. The van der Waals surface area contributed by atoms with Gasteiger partial charge in [0.25, 0.3) is 0 Å². The van der Waals surface area contributed by atoms with Crippen LogP contribution in [-0.4, -0.2) is 19.3 Å². The number of hydrogen-bond donors (Lipinski definition) is 2. The fourth-order valence-corrected chi connectivity index (χ4v) is 3.40. The Bertz CT molecular complexity index is 460. The Hall–Kier alpha value is -0.570. The second-order valence-electron chi connectivity index (χ2n) is 4.60. The zero-order valence-electron chi connectivity index (χ0n) is 8.63. The van der Waals surface area contributed by atoms with E-state index >= 15 is 0 Å². The van der Waals surface area contributed by atoms with Gasteiger partial charge in [0, 0.05) is 17.9 Å². The molecule has 0 aromatic heterocycles. The molecule has 2 nitrogen and oxygen atoms in total. The highest BCUT2D eigenvalue weighted by Crippen LogP contribution is 2.61. The van der Waals surface area contributed by atoms with Crippen molar-refractivity contribution in [1.29, 1.82) is 5.41 Å². The topological polar surface area (TPSA) is 35.9 Å². The van der Waals surface area contributed by atoms with Crippen LogP contribution in [0.4, 0.5) is 0 Å². The van der Waals surface area contributed by atoms with Crippen LogP contribution in [0.2, 0.25) is 10.0 Å². The summed E-state index contributed by atoms with van der Waals surface area (Å²) in [6.07, 6.45) is 1.58. The molecular weight excluding hydrogens is 243 g/mol. The lowest BCUT2D eigenvalue weighted by molar-refractivity contribution is 0.640. The maximum atomic E-state index is 7.48. The average molecular weight is 255 g/mol. The SMILES string of the molecule is N=CC1C2CNCC12c1ccc(Cl)c(Cl)c1. The lowest BCUT2D eigenvalue weighted by Gasteiger charge is -2.14. The molecule has 2 N–H and O–H groups in total. The van der Waals surface area contributed by atoms with Crippen molar-refractivity contribution < 1.29 is 0 Å². The minimum atomic E-state index is 0.107. The molecule has 0 spiro atoms. The quantitative estimate of drug-likeness (QED) is 0.783. The highest BCUT2D eigenvalue weighted by atomic mass is 35.5. The molecule has 0 radical (unpaired) electrons. The van der Waals surface area contributed by atoms with Crippen molar-refractivity contribution in [2.75, 3.05) is 13.1 Å². The summed E-state index contributed by atoms with van der Waals surface area (Å²) in [6, 6.07) is 5.84. The van der Waals surface area contributed by atoms with Crippen molar-refractivity contribution in [3.05, 3.63) is 33.8 Å². The number of fused-ring (bicyclic) bond motifs is 1. The van der Waals surface area contributed by atoms with Gasteiger partial charge in [0.2, 0.25) is 0 Å². The van der Waals surface area contributed by atoms with Crippen LogP contribution >= 0.6 is 23.2 Å². The van der Waals surface area contributed by atoms with E-state index in [9.17, 15) is 0 Å². The van der Waals surface area contributed by atoms with E-state index in [1.807, 2.05) is 18.2 Å². The van der Waals surface area contributed by atoms with E-state index in [0.29, 0.717) is 21.9 Å². The Morgan fingerprint density at radius 1 is 1.38 bits per heavy atom. The Kier molecular flexibility index (Phi) is 2.29. The summed E-state index contributed by atoms with van der Waals surface area (Å²) in [5.41, 5.74) is 1.32. The molecule has 2 aliphatic rings. The van der Waals surface area contributed by atoms with Crippen LogP contribution in [0.15, 0.2) is 18.2 Å². The molecule has 0 bridgehead atoms. The third-order valence-electron chi connectivity index (χ3n) is 4.00. The van der Waals surface area contributed by atoms with Gasteiger partial charge in [-0.3, -0.25) is 0 Å². The lowest BCUT2D eigenvalue weighted by atomic mass is 9.93. The van der Waals surface area contributed by atoms with Gasteiger partial charge in [-0.05, 0) is 36.4 Å². The number of piperidine rings is 1. The van der Waals surface area contributed by atoms with Gasteiger partial charge in [-0.25, -0.2) is 0 Å². The van der Waals surface area contributed by atoms with Gasteiger partial charge < -0.3 is 10.7 Å². The van der Waals surface area contributed by atoms with Crippen LogP contribution in [0.5, 0.6) is 0 Å². The molecule has 1 saturated heterocycles. The molecule has 0 amide bonds. The first-order valence-electron chi connectivity index (χ1n) is 5.37. The van der Waals surface area contributed by atoms with Crippen molar-refractivity contribution in [3.8, 4) is 0 Å². The Balaban J connectivity index is 2.03. The van der Waals surface area contributed by atoms with Crippen molar-refractivity contribution in [3.63, 3.8) is 0 Å². The number of benzene rings is 1.